The van der Waals surface area contributed by atoms with Crippen molar-refractivity contribution in [2.75, 3.05) is 6.54 Å². The van der Waals surface area contributed by atoms with E-state index in [1.54, 1.807) is 0 Å². The molecule has 2 rings (SSSR count). The van der Waals surface area contributed by atoms with Gasteiger partial charge in [-0.15, -0.1) is 0 Å². The Labute approximate surface area is 124 Å². The van der Waals surface area contributed by atoms with Crippen LogP contribution < -0.4 is 10.5 Å². The van der Waals surface area contributed by atoms with Crippen molar-refractivity contribution in [3.05, 3.63) is 57.3 Å². The number of hydrogen-bond acceptors (Lipinski definition) is 2. The minimum absolute atomic E-state index is 0.238. The van der Waals surface area contributed by atoms with Crippen molar-refractivity contribution in [2.24, 2.45) is 5.73 Å². The van der Waals surface area contributed by atoms with Crippen LogP contribution in [0.5, 0.6) is 11.5 Å². The first-order valence-corrected chi connectivity index (χ1v) is 6.88. The summed E-state index contributed by atoms with van der Waals surface area (Å²) in [6, 6.07) is 9.67. The largest absolute Gasteiger partial charge is 0.456 e. The Morgan fingerprint density at radius 1 is 1.16 bits per heavy atom. The fourth-order valence-electron chi connectivity index (χ4n) is 1.67. The second-order valence-electron chi connectivity index (χ2n) is 3.97. The molecule has 0 saturated carbocycles. The topological polar surface area (TPSA) is 35.2 Å². The summed E-state index contributed by atoms with van der Waals surface area (Å²) in [6.45, 7) is 0.518. The molecule has 100 valence electrons. The summed E-state index contributed by atoms with van der Waals surface area (Å²) in [4.78, 5) is 0. The summed E-state index contributed by atoms with van der Waals surface area (Å²) in [5.74, 6) is 0.696. The predicted molar refractivity (Wildman–Crippen MR) is 78.4 cm³/mol. The van der Waals surface area contributed by atoms with E-state index in [1.807, 2.05) is 18.2 Å². The molecule has 0 saturated heterocycles. The van der Waals surface area contributed by atoms with Gasteiger partial charge in [-0.1, -0.05) is 27.5 Å². The normalized spacial score (nSPS) is 10.5. The van der Waals surface area contributed by atoms with Crippen LogP contribution in [-0.4, -0.2) is 6.54 Å². The number of hydrogen-bond donors (Lipinski definition) is 1. The second kappa shape index (κ2) is 6.37. The van der Waals surface area contributed by atoms with Crippen molar-refractivity contribution >= 4 is 27.5 Å². The van der Waals surface area contributed by atoms with E-state index in [2.05, 4.69) is 15.9 Å². The van der Waals surface area contributed by atoms with Crippen LogP contribution in [0.25, 0.3) is 0 Å². The van der Waals surface area contributed by atoms with E-state index in [0.717, 1.165) is 10.0 Å². The highest BCUT2D eigenvalue weighted by molar-refractivity contribution is 9.10. The highest BCUT2D eigenvalue weighted by atomic mass is 79.9. The molecule has 2 nitrogen and oxygen atoms in total. The van der Waals surface area contributed by atoms with Gasteiger partial charge in [0.2, 0.25) is 0 Å². The van der Waals surface area contributed by atoms with Gasteiger partial charge in [0.1, 0.15) is 17.3 Å². The SMILES string of the molecule is NCCc1cc(Br)ccc1Oc1ccc(F)cc1Cl. The zero-order chi connectivity index (χ0) is 13.8. The fourth-order valence-corrected chi connectivity index (χ4v) is 2.29. The lowest BCUT2D eigenvalue weighted by atomic mass is 10.1. The van der Waals surface area contributed by atoms with Gasteiger partial charge in [0.25, 0.3) is 0 Å². The molecule has 19 heavy (non-hydrogen) atoms. The summed E-state index contributed by atoms with van der Waals surface area (Å²) in [6.07, 6.45) is 0.688. The van der Waals surface area contributed by atoms with Crippen LogP contribution in [0.2, 0.25) is 5.02 Å². The maximum atomic E-state index is 13.0. The minimum Gasteiger partial charge on any atom is -0.456 e. The van der Waals surface area contributed by atoms with Crippen molar-refractivity contribution < 1.29 is 9.13 Å². The molecular weight excluding hydrogens is 333 g/mol. The fraction of sp³-hybridized carbons (Fsp3) is 0.143. The molecule has 0 heterocycles. The number of halogens is 3. The van der Waals surface area contributed by atoms with Crippen molar-refractivity contribution in [1.29, 1.82) is 0 Å². The highest BCUT2D eigenvalue weighted by Crippen LogP contribution is 2.33. The maximum Gasteiger partial charge on any atom is 0.146 e. The second-order valence-corrected chi connectivity index (χ2v) is 5.29. The van der Waals surface area contributed by atoms with E-state index in [1.165, 1.54) is 18.2 Å². The van der Waals surface area contributed by atoms with E-state index in [4.69, 9.17) is 22.1 Å². The molecule has 0 fully saturated rings. The smallest absolute Gasteiger partial charge is 0.146 e. The summed E-state index contributed by atoms with van der Waals surface area (Å²) < 4.78 is 19.7. The van der Waals surface area contributed by atoms with Gasteiger partial charge in [-0.25, -0.2) is 4.39 Å². The molecule has 0 aliphatic rings. The molecule has 2 N–H and O–H groups in total. The van der Waals surface area contributed by atoms with Crippen LogP contribution in [0.4, 0.5) is 4.39 Å². The molecule has 0 radical (unpaired) electrons. The molecule has 0 aliphatic heterocycles. The molecule has 0 spiro atoms. The van der Waals surface area contributed by atoms with E-state index in [9.17, 15) is 4.39 Å². The van der Waals surface area contributed by atoms with E-state index in [-0.39, 0.29) is 5.02 Å². The van der Waals surface area contributed by atoms with Crippen LogP contribution in [0, 0.1) is 5.82 Å². The first-order chi connectivity index (χ1) is 9.10. The third kappa shape index (κ3) is 3.69. The number of nitrogens with two attached hydrogens (primary N) is 1. The molecule has 0 aromatic heterocycles. The quantitative estimate of drug-likeness (QED) is 0.884. The van der Waals surface area contributed by atoms with Gasteiger partial charge in [-0.05, 0) is 54.9 Å². The molecule has 0 atom stereocenters. The van der Waals surface area contributed by atoms with Gasteiger partial charge >= 0.3 is 0 Å². The van der Waals surface area contributed by atoms with Crippen LogP contribution in [0.15, 0.2) is 40.9 Å². The maximum absolute atomic E-state index is 13.0. The van der Waals surface area contributed by atoms with Gasteiger partial charge in [0.15, 0.2) is 0 Å². The van der Waals surface area contributed by atoms with Crippen LogP contribution >= 0.6 is 27.5 Å². The van der Waals surface area contributed by atoms with E-state index in [0.29, 0.717) is 24.5 Å². The standard InChI is InChI=1S/C14H12BrClFNO/c15-10-1-3-13(9(7-10)5-6-18)19-14-4-2-11(17)8-12(14)16/h1-4,7-8H,5-6,18H2. The zero-order valence-electron chi connectivity index (χ0n) is 10.00. The van der Waals surface area contributed by atoms with Gasteiger partial charge in [-0.3, -0.25) is 0 Å². The predicted octanol–water partition coefficient (Wildman–Crippen LogP) is 4.54. The molecule has 2 aromatic rings. The minimum atomic E-state index is -0.393. The Kier molecular flexibility index (Phi) is 4.80. The van der Waals surface area contributed by atoms with Gasteiger partial charge in [-0.2, -0.15) is 0 Å². The molecule has 0 unspecified atom stereocenters. The zero-order valence-corrected chi connectivity index (χ0v) is 12.3. The van der Waals surface area contributed by atoms with Gasteiger partial charge < -0.3 is 10.5 Å². The summed E-state index contributed by atoms with van der Waals surface area (Å²) in [5, 5.41) is 0.238. The van der Waals surface area contributed by atoms with Crippen molar-refractivity contribution in [3.8, 4) is 11.5 Å². The summed E-state index contributed by atoms with van der Waals surface area (Å²) in [7, 11) is 0. The summed E-state index contributed by atoms with van der Waals surface area (Å²) >= 11 is 9.34. The van der Waals surface area contributed by atoms with Crippen LogP contribution in [0.1, 0.15) is 5.56 Å². The molecule has 0 amide bonds. The van der Waals surface area contributed by atoms with Crippen LogP contribution in [0.3, 0.4) is 0 Å². The number of rotatable bonds is 4. The highest BCUT2D eigenvalue weighted by Gasteiger charge is 2.09. The molecule has 5 heteroatoms. The Hall–Kier alpha value is -1.10. The monoisotopic (exact) mass is 343 g/mol. The average Bonchev–Trinajstić information content (AvgIpc) is 2.36. The third-order valence-corrected chi connectivity index (χ3v) is 3.34. The van der Waals surface area contributed by atoms with Crippen molar-refractivity contribution in [3.63, 3.8) is 0 Å². The van der Waals surface area contributed by atoms with Gasteiger partial charge in [0.05, 0.1) is 5.02 Å². The summed E-state index contributed by atoms with van der Waals surface area (Å²) in [5.41, 5.74) is 6.55. The molecule has 0 bridgehead atoms. The van der Waals surface area contributed by atoms with E-state index < -0.39 is 5.82 Å². The number of ether oxygens (including phenoxy) is 1. The Bertz CT molecular complexity index is 592. The molecule has 2 aromatic carbocycles. The lowest BCUT2D eigenvalue weighted by Crippen LogP contribution is -2.04. The first-order valence-electron chi connectivity index (χ1n) is 5.71. The third-order valence-electron chi connectivity index (χ3n) is 2.55. The van der Waals surface area contributed by atoms with Gasteiger partial charge in [0, 0.05) is 4.47 Å². The van der Waals surface area contributed by atoms with Crippen molar-refractivity contribution in [1.82, 2.24) is 0 Å². The first kappa shape index (κ1) is 14.3. The van der Waals surface area contributed by atoms with E-state index >= 15 is 0 Å². The number of benzene rings is 2. The Morgan fingerprint density at radius 2 is 1.89 bits per heavy atom. The lowest BCUT2D eigenvalue weighted by molar-refractivity contribution is 0.474. The molecular formula is C14H12BrClFNO. The average molecular weight is 345 g/mol. The Balaban J connectivity index is 2.32. The molecule has 0 aliphatic carbocycles. The Morgan fingerprint density at radius 3 is 2.58 bits per heavy atom. The van der Waals surface area contributed by atoms with Crippen LogP contribution in [-0.2, 0) is 6.42 Å². The lowest BCUT2D eigenvalue weighted by Gasteiger charge is -2.12. The van der Waals surface area contributed by atoms with Crippen molar-refractivity contribution in [2.45, 2.75) is 6.42 Å².